The zero-order valence-corrected chi connectivity index (χ0v) is 13.6. The van der Waals surface area contributed by atoms with Crippen molar-refractivity contribution in [1.82, 2.24) is 10.6 Å². The summed E-state index contributed by atoms with van der Waals surface area (Å²) in [5, 5.41) is 8.12. The highest BCUT2D eigenvalue weighted by Gasteiger charge is 2.22. The topological polar surface area (TPSA) is 70.2 Å². The van der Waals surface area contributed by atoms with Gasteiger partial charge in [0.25, 0.3) is 5.91 Å². The average molecular weight is 323 g/mol. The van der Waals surface area contributed by atoms with Gasteiger partial charge in [0, 0.05) is 24.8 Å². The van der Waals surface area contributed by atoms with E-state index >= 15 is 0 Å². The molecule has 5 nitrogen and oxygen atoms in total. The SMILES string of the molecule is CNC(=O)c1cccc(NC(=O)NCc2ccc(C3CC3)cc2)c1. The third-order valence-corrected chi connectivity index (χ3v) is 4.09. The van der Waals surface area contributed by atoms with Crippen LogP contribution in [0.1, 0.15) is 40.2 Å². The Balaban J connectivity index is 1.52. The van der Waals surface area contributed by atoms with Crippen molar-refractivity contribution in [2.45, 2.75) is 25.3 Å². The van der Waals surface area contributed by atoms with Crippen LogP contribution in [0.25, 0.3) is 0 Å². The third kappa shape index (κ3) is 4.13. The van der Waals surface area contributed by atoms with Crippen LogP contribution in [-0.4, -0.2) is 19.0 Å². The fourth-order valence-corrected chi connectivity index (χ4v) is 2.56. The number of hydrogen-bond acceptors (Lipinski definition) is 2. The maximum Gasteiger partial charge on any atom is 0.319 e. The molecule has 0 atom stereocenters. The van der Waals surface area contributed by atoms with Crippen LogP contribution in [0.15, 0.2) is 48.5 Å². The molecule has 5 heteroatoms. The lowest BCUT2D eigenvalue weighted by Crippen LogP contribution is -2.28. The summed E-state index contributed by atoms with van der Waals surface area (Å²) in [4.78, 5) is 23.6. The third-order valence-electron chi connectivity index (χ3n) is 4.09. The van der Waals surface area contributed by atoms with Crippen molar-refractivity contribution in [3.63, 3.8) is 0 Å². The van der Waals surface area contributed by atoms with E-state index in [1.165, 1.54) is 18.4 Å². The zero-order chi connectivity index (χ0) is 16.9. The monoisotopic (exact) mass is 323 g/mol. The second-order valence-corrected chi connectivity index (χ2v) is 5.98. The van der Waals surface area contributed by atoms with Crippen molar-refractivity contribution in [2.24, 2.45) is 0 Å². The lowest BCUT2D eigenvalue weighted by atomic mass is 10.1. The summed E-state index contributed by atoms with van der Waals surface area (Å²) >= 11 is 0. The minimum Gasteiger partial charge on any atom is -0.355 e. The van der Waals surface area contributed by atoms with Crippen molar-refractivity contribution in [3.05, 3.63) is 65.2 Å². The summed E-state index contributed by atoms with van der Waals surface area (Å²) in [6.45, 7) is 0.464. The molecule has 0 bridgehead atoms. The van der Waals surface area contributed by atoms with Gasteiger partial charge in [-0.25, -0.2) is 4.79 Å². The number of rotatable bonds is 5. The van der Waals surface area contributed by atoms with Crippen LogP contribution in [0, 0.1) is 0 Å². The van der Waals surface area contributed by atoms with Gasteiger partial charge in [0.2, 0.25) is 0 Å². The van der Waals surface area contributed by atoms with Crippen LogP contribution < -0.4 is 16.0 Å². The number of nitrogens with one attached hydrogen (secondary N) is 3. The molecule has 2 aromatic rings. The number of urea groups is 1. The first-order valence-electron chi connectivity index (χ1n) is 8.11. The number of anilines is 1. The van der Waals surface area contributed by atoms with Gasteiger partial charge >= 0.3 is 6.03 Å². The van der Waals surface area contributed by atoms with Crippen molar-refractivity contribution in [1.29, 1.82) is 0 Å². The molecule has 3 N–H and O–H groups in total. The van der Waals surface area contributed by atoms with Crippen LogP contribution in [-0.2, 0) is 6.54 Å². The molecule has 0 unspecified atom stereocenters. The number of carbonyl (C=O) groups is 2. The van der Waals surface area contributed by atoms with E-state index in [4.69, 9.17) is 0 Å². The molecule has 2 aromatic carbocycles. The van der Waals surface area contributed by atoms with E-state index in [9.17, 15) is 9.59 Å². The summed E-state index contributed by atoms with van der Waals surface area (Å²) in [6, 6.07) is 14.9. The highest BCUT2D eigenvalue weighted by Crippen LogP contribution is 2.39. The van der Waals surface area contributed by atoms with Crippen molar-refractivity contribution < 1.29 is 9.59 Å². The minimum atomic E-state index is -0.296. The molecule has 3 amide bonds. The molecule has 0 spiro atoms. The minimum absolute atomic E-state index is 0.185. The normalized spacial score (nSPS) is 13.2. The predicted octanol–water partition coefficient (Wildman–Crippen LogP) is 3.25. The molecule has 1 aliphatic carbocycles. The maximum absolute atomic E-state index is 12.0. The Morgan fingerprint density at radius 3 is 2.50 bits per heavy atom. The summed E-state index contributed by atoms with van der Waals surface area (Å²) in [6.07, 6.45) is 2.57. The summed E-state index contributed by atoms with van der Waals surface area (Å²) < 4.78 is 0. The van der Waals surface area contributed by atoms with E-state index in [0.29, 0.717) is 17.8 Å². The highest BCUT2D eigenvalue weighted by atomic mass is 16.2. The Bertz CT molecular complexity index is 737. The molecule has 1 saturated carbocycles. The molecule has 1 aliphatic rings. The molecule has 0 aromatic heterocycles. The molecule has 1 fully saturated rings. The first-order chi connectivity index (χ1) is 11.7. The van der Waals surface area contributed by atoms with Gasteiger partial charge in [-0.05, 0) is 48.1 Å². The van der Waals surface area contributed by atoms with E-state index in [0.717, 1.165) is 11.5 Å². The lowest BCUT2D eigenvalue weighted by Gasteiger charge is -2.09. The zero-order valence-electron chi connectivity index (χ0n) is 13.6. The van der Waals surface area contributed by atoms with Gasteiger partial charge < -0.3 is 16.0 Å². The van der Waals surface area contributed by atoms with Gasteiger partial charge in [-0.3, -0.25) is 4.79 Å². The first-order valence-corrected chi connectivity index (χ1v) is 8.11. The van der Waals surface area contributed by atoms with Crippen molar-refractivity contribution >= 4 is 17.6 Å². The van der Waals surface area contributed by atoms with Gasteiger partial charge in [-0.1, -0.05) is 30.3 Å². The Morgan fingerprint density at radius 1 is 1.08 bits per heavy atom. The molecule has 0 heterocycles. The average Bonchev–Trinajstić information content (AvgIpc) is 3.45. The van der Waals surface area contributed by atoms with Gasteiger partial charge in [0.15, 0.2) is 0 Å². The number of amides is 3. The fourth-order valence-electron chi connectivity index (χ4n) is 2.56. The molecule has 24 heavy (non-hydrogen) atoms. The number of benzene rings is 2. The van der Waals surface area contributed by atoms with Gasteiger partial charge in [-0.2, -0.15) is 0 Å². The van der Waals surface area contributed by atoms with E-state index in [1.54, 1.807) is 31.3 Å². The lowest BCUT2D eigenvalue weighted by molar-refractivity contribution is 0.0963. The Kier molecular flexibility index (Phi) is 4.79. The molecule has 0 aliphatic heterocycles. The standard InChI is InChI=1S/C19H21N3O2/c1-20-18(23)16-3-2-4-17(11-16)22-19(24)21-12-13-5-7-14(8-6-13)15-9-10-15/h2-8,11,15H,9-10,12H2,1H3,(H,20,23)(H2,21,22,24). The first kappa shape index (κ1) is 16.1. The molecular formula is C19H21N3O2. The van der Waals surface area contributed by atoms with E-state index < -0.39 is 0 Å². The quantitative estimate of drug-likeness (QED) is 0.790. The van der Waals surface area contributed by atoms with E-state index in [2.05, 4.69) is 40.2 Å². The number of carbonyl (C=O) groups excluding carboxylic acids is 2. The summed E-state index contributed by atoms with van der Waals surface area (Å²) in [5.41, 5.74) is 3.53. The Morgan fingerprint density at radius 2 is 1.83 bits per heavy atom. The van der Waals surface area contributed by atoms with Crippen LogP contribution in [0.5, 0.6) is 0 Å². The van der Waals surface area contributed by atoms with E-state index in [1.807, 2.05) is 0 Å². The largest absolute Gasteiger partial charge is 0.355 e. The molecule has 0 saturated heterocycles. The fraction of sp³-hybridized carbons (Fsp3) is 0.263. The highest BCUT2D eigenvalue weighted by molar-refractivity contribution is 5.96. The molecular weight excluding hydrogens is 302 g/mol. The molecule has 124 valence electrons. The van der Waals surface area contributed by atoms with Gasteiger partial charge in [0.1, 0.15) is 0 Å². The van der Waals surface area contributed by atoms with Crippen LogP contribution in [0.3, 0.4) is 0 Å². The van der Waals surface area contributed by atoms with Crippen molar-refractivity contribution in [2.75, 3.05) is 12.4 Å². The Hall–Kier alpha value is -2.82. The molecule has 0 radical (unpaired) electrons. The van der Waals surface area contributed by atoms with E-state index in [-0.39, 0.29) is 11.9 Å². The van der Waals surface area contributed by atoms with Gasteiger partial charge in [0.05, 0.1) is 0 Å². The smallest absolute Gasteiger partial charge is 0.319 e. The van der Waals surface area contributed by atoms with Crippen molar-refractivity contribution in [3.8, 4) is 0 Å². The predicted molar refractivity (Wildman–Crippen MR) is 94.1 cm³/mol. The summed E-state index contributed by atoms with van der Waals surface area (Å²) in [7, 11) is 1.57. The second kappa shape index (κ2) is 7.17. The maximum atomic E-state index is 12.0. The molecule has 3 rings (SSSR count). The number of hydrogen-bond donors (Lipinski definition) is 3. The van der Waals surface area contributed by atoms with Crippen LogP contribution in [0.2, 0.25) is 0 Å². The van der Waals surface area contributed by atoms with Gasteiger partial charge in [-0.15, -0.1) is 0 Å². The Labute approximate surface area is 141 Å². The van der Waals surface area contributed by atoms with Crippen LogP contribution >= 0.6 is 0 Å². The second-order valence-electron chi connectivity index (χ2n) is 5.98. The van der Waals surface area contributed by atoms with Crippen LogP contribution in [0.4, 0.5) is 10.5 Å². The summed E-state index contributed by atoms with van der Waals surface area (Å²) in [5.74, 6) is 0.553.